The second-order valence-corrected chi connectivity index (χ2v) is 1.98. The number of carboxylic acid groups (broad SMARTS) is 1. The first kappa shape index (κ1) is 6.85. The number of nitrogens with one attached hydrogen (secondary N) is 1. The first-order chi connectivity index (χ1) is 4.68. The molecular weight excluding hydrogens is 138 g/mol. The van der Waals surface area contributed by atoms with E-state index < -0.39 is 12.4 Å². The van der Waals surface area contributed by atoms with E-state index in [0.29, 0.717) is 12.8 Å². The lowest BCUT2D eigenvalue weighted by Crippen LogP contribution is -2.29. The molecule has 2 N–H and O–H groups in total. The van der Waals surface area contributed by atoms with Crippen molar-refractivity contribution >= 4 is 12.1 Å². The quantitative estimate of drug-likeness (QED) is 0.506. The van der Waals surface area contributed by atoms with Crippen molar-refractivity contribution in [2.45, 2.75) is 19.1 Å². The molecule has 0 spiro atoms. The van der Waals surface area contributed by atoms with Gasteiger partial charge in [0.1, 0.15) is 0 Å². The van der Waals surface area contributed by atoms with Crippen LogP contribution in [-0.2, 0) is 9.53 Å². The normalized spacial score (nSPS) is 24.0. The van der Waals surface area contributed by atoms with E-state index in [1.54, 1.807) is 0 Å². The van der Waals surface area contributed by atoms with Gasteiger partial charge in [-0.05, 0) is 0 Å². The topological polar surface area (TPSA) is 75.6 Å². The van der Waals surface area contributed by atoms with Crippen molar-refractivity contribution in [2.75, 3.05) is 0 Å². The van der Waals surface area contributed by atoms with Crippen LogP contribution < -0.4 is 5.32 Å². The van der Waals surface area contributed by atoms with Gasteiger partial charge in [-0.1, -0.05) is 0 Å². The number of carbonyl (C=O) groups is 2. The van der Waals surface area contributed by atoms with E-state index in [2.05, 4.69) is 10.1 Å². The van der Waals surface area contributed by atoms with Gasteiger partial charge in [0.2, 0.25) is 5.91 Å². The molecule has 0 radical (unpaired) electrons. The van der Waals surface area contributed by atoms with Crippen LogP contribution in [0.5, 0.6) is 0 Å². The zero-order valence-corrected chi connectivity index (χ0v) is 5.16. The zero-order chi connectivity index (χ0) is 7.56. The molecule has 1 fully saturated rings. The molecule has 0 bridgehead atoms. The van der Waals surface area contributed by atoms with Gasteiger partial charge in [0.25, 0.3) is 0 Å². The second-order valence-electron chi connectivity index (χ2n) is 1.98. The lowest BCUT2D eigenvalue weighted by atomic mass is 10.3. The summed E-state index contributed by atoms with van der Waals surface area (Å²) in [5, 5.41) is 10.4. The fraction of sp³-hybridized carbons (Fsp3) is 0.600. The number of hydrogen-bond donors (Lipinski definition) is 2. The first-order valence-corrected chi connectivity index (χ1v) is 2.87. The van der Waals surface area contributed by atoms with Gasteiger partial charge in [0, 0.05) is 12.8 Å². The van der Waals surface area contributed by atoms with Crippen molar-refractivity contribution in [2.24, 2.45) is 0 Å². The molecule has 0 aromatic rings. The van der Waals surface area contributed by atoms with Gasteiger partial charge in [-0.15, -0.1) is 0 Å². The van der Waals surface area contributed by atoms with Crippen molar-refractivity contribution in [3.05, 3.63) is 0 Å². The lowest BCUT2D eigenvalue weighted by Gasteiger charge is -2.06. The molecule has 1 aliphatic rings. The first-order valence-electron chi connectivity index (χ1n) is 2.87. The largest absolute Gasteiger partial charge is 0.507 e. The average molecular weight is 145 g/mol. The molecule has 1 amide bonds. The van der Waals surface area contributed by atoms with Gasteiger partial charge in [-0.2, -0.15) is 0 Å². The Labute approximate surface area is 57.0 Å². The van der Waals surface area contributed by atoms with Gasteiger partial charge in [-0.25, -0.2) is 4.79 Å². The molecule has 56 valence electrons. The van der Waals surface area contributed by atoms with Crippen LogP contribution in [0.15, 0.2) is 0 Å². The van der Waals surface area contributed by atoms with E-state index in [0.717, 1.165) is 0 Å². The summed E-state index contributed by atoms with van der Waals surface area (Å²) in [6.45, 7) is 0. The summed E-state index contributed by atoms with van der Waals surface area (Å²) in [6, 6.07) is 0. The van der Waals surface area contributed by atoms with Crippen LogP contribution in [0.25, 0.3) is 0 Å². The Morgan fingerprint density at radius 1 is 1.80 bits per heavy atom. The molecule has 5 nitrogen and oxygen atoms in total. The van der Waals surface area contributed by atoms with Gasteiger partial charge in [0.05, 0.1) is 0 Å². The van der Waals surface area contributed by atoms with Crippen LogP contribution in [0.1, 0.15) is 12.8 Å². The minimum atomic E-state index is -1.35. The van der Waals surface area contributed by atoms with Crippen molar-refractivity contribution in [3.8, 4) is 0 Å². The lowest BCUT2D eigenvalue weighted by molar-refractivity contribution is -0.120. The van der Waals surface area contributed by atoms with E-state index >= 15 is 0 Å². The standard InChI is InChI=1S/C5H7NO4/c7-3-1-2-4(6-3)10-5(8)9/h4H,1-2H2,(H,6,7)(H,8,9)/t4-/m0/s1. The number of hydrogen-bond acceptors (Lipinski definition) is 3. The third-order valence-electron chi connectivity index (χ3n) is 1.20. The van der Waals surface area contributed by atoms with E-state index in [1.807, 2.05) is 0 Å². The summed E-state index contributed by atoms with van der Waals surface area (Å²) in [5.41, 5.74) is 0. The summed E-state index contributed by atoms with van der Waals surface area (Å²) < 4.78 is 4.27. The van der Waals surface area contributed by atoms with Gasteiger partial charge >= 0.3 is 6.16 Å². The molecule has 5 heteroatoms. The fourth-order valence-electron chi connectivity index (χ4n) is 0.796. The third-order valence-corrected chi connectivity index (χ3v) is 1.20. The van der Waals surface area contributed by atoms with E-state index in [-0.39, 0.29) is 5.91 Å². The van der Waals surface area contributed by atoms with Crippen LogP contribution in [0.3, 0.4) is 0 Å². The maximum Gasteiger partial charge on any atom is 0.507 e. The monoisotopic (exact) mass is 145 g/mol. The molecule has 0 aromatic carbocycles. The van der Waals surface area contributed by atoms with Gasteiger partial charge in [0.15, 0.2) is 6.23 Å². The van der Waals surface area contributed by atoms with Crippen LogP contribution >= 0.6 is 0 Å². The molecule has 1 atom stereocenters. The van der Waals surface area contributed by atoms with Gasteiger partial charge in [-0.3, -0.25) is 4.79 Å². The SMILES string of the molecule is O=C1CC[C@H](OC(=O)O)N1. The Kier molecular flexibility index (Phi) is 1.75. The van der Waals surface area contributed by atoms with Crippen molar-refractivity contribution in [1.29, 1.82) is 0 Å². The summed E-state index contributed by atoms with van der Waals surface area (Å²) in [7, 11) is 0. The van der Waals surface area contributed by atoms with E-state index in [4.69, 9.17) is 5.11 Å². The van der Waals surface area contributed by atoms with E-state index in [1.165, 1.54) is 0 Å². The number of ether oxygens (including phenoxy) is 1. The molecule has 1 rings (SSSR count). The predicted octanol–water partition coefficient (Wildman–Crippen LogP) is -0.0829. The van der Waals surface area contributed by atoms with Crippen molar-refractivity contribution < 1.29 is 19.4 Å². The fourth-order valence-corrected chi connectivity index (χ4v) is 0.796. The molecular formula is C5H7NO4. The Bertz CT molecular complexity index is 167. The summed E-state index contributed by atoms with van der Waals surface area (Å²) in [5.74, 6) is -0.161. The minimum absolute atomic E-state index is 0.161. The molecule has 1 saturated heterocycles. The molecule has 0 aliphatic carbocycles. The number of carbonyl (C=O) groups excluding carboxylic acids is 1. The highest BCUT2D eigenvalue weighted by Crippen LogP contribution is 2.07. The van der Waals surface area contributed by atoms with Crippen LogP contribution in [0.4, 0.5) is 4.79 Å². The maximum absolute atomic E-state index is 10.5. The molecule has 10 heavy (non-hydrogen) atoms. The Balaban J connectivity index is 2.31. The number of rotatable bonds is 1. The average Bonchev–Trinajstić information content (AvgIpc) is 2.13. The molecule has 1 aliphatic heterocycles. The summed E-state index contributed by atoms with van der Waals surface area (Å²) in [4.78, 5) is 20.3. The van der Waals surface area contributed by atoms with Crippen LogP contribution in [-0.4, -0.2) is 23.4 Å². The smallest absolute Gasteiger partial charge is 0.450 e. The Morgan fingerprint density at radius 3 is 2.90 bits per heavy atom. The summed E-state index contributed by atoms with van der Waals surface area (Å²) >= 11 is 0. The van der Waals surface area contributed by atoms with Gasteiger partial charge < -0.3 is 15.2 Å². The molecule has 0 unspecified atom stereocenters. The molecule has 0 saturated carbocycles. The van der Waals surface area contributed by atoms with Crippen molar-refractivity contribution in [3.63, 3.8) is 0 Å². The third kappa shape index (κ3) is 1.61. The molecule has 1 heterocycles. The van der Waals surface area contributed by atoms with Crippen LogP contribution in [0, 0.1) is 0 Å². The van der Waals surface area contributed by atoms with Crippen molar-refractivity contribution in [1.82, 2.24) is 5.32 Å². The number of amides is 1. The Hall–Kier alpha value is -1.26. The maximum atomic E-state index is 10.5. The van der Waals surface area contributed by atoms with Crippen LogP contribution in [0.2, 0.25) is 0 Å². The van der Waals surface area contributed by atoms with E-state index in [9.17, 15) is 9.59 Å². The second kappa shape index (κ2) is 2.55. The highest BCUT2D eigenvalue weighted by atomic mass is 16.7. The Morgan fingerprint density at radius 2 is 2.50 bits per heavy atom. The minimum Gasteiger partial charge on any atom is -0.450 e. The molecule has 0 aromatic heterocycles. The predicted molar refractivity (Wildman–Crippen MR) is 30.3 cm³/mol. The highest BCUT2D eigenvalue weighted by Gasteiger charge is 2.23. The summed E-state index contributed by atoms with van der Waals surface area (Å²) in [6.07, 6.45) is -1.21. The zero-order valence-electron chi connectivity index (χ0n) is 5.16. The highest BCUT2D eigenvalue weighted by molar-refractivity contribution is 5.78.